The largest absolute Gasteiger partial charge is 0.370 e. The van der Waals surface area contributed by atoms with Gasteiger partial charge in [-0.3, -0.25) is 4.68 Å². The molecule has 0 aliphatic carbocycles. The van der Waals surface area contributed by atoms with Crippen molar-refractivity contribution in [2.45, 2.75) is 30.4 Å². The molecule has 2 aromatic rings. The average molecular weight is 346 g/mol. The van der Waals surface area contributed by atoms with Crippen molar-refractivity contribution in [2.75, 3.05) is 6.61 Å². The Hall–Kier alpha value is -2.21. The predicted octanol–water partition coefficient (Wildman–Crippen LogP) is 1.41. The number of nitriles is 1. The molecule has 1 aliphatic rings. The Morgan fingerprint density at radius 2 is 2.21 bits per heavy atom. The van der Waals surface area contributed by atoms with Crippen LogP contribution in [0.3, 0.4) is 0 Å². The molecular weight excluding hydrogens is 328 g/mol. The van der Waals surface area contributed by atoms with E-state index in [9.17, 15) is 8.42 Å². The van der Waals surface area contributed by atoms with Crippen LogP contribution < -0.4 is 4.72 Å². The summed E-state index contributed by atoms with van der Waals surface area (Å²) >= 11 is 0. The summed E-state index contributed by atoms with van der Waals surface area (Å²) in [5.74, 6) is 0. The molecule has 2 atom stereocenters. The molecule has 3 rings (SSSR count). The van der Waals surface area contributed by atoms with Crippen molar-refractivity contribution in [1.29, 1.82) is 5.26 Å². The number of benzene rings is 1. The van der Waals surface area contributed by atoms with Gasteiger partial charge in [0.1, 0.15) is 6.10 Å². The molecule has 1 saturated heterocycles. The van der Waals surface area contributed by atoms with Gasteiger partial charge in [-0.2, -0.15) is 10.4 Å². The summed E-state index contributed by atoms with van der Waals surface area (Å²) < 4.78 is 35.7. The van der Waals surface area contributed by atoms with Gasteiger partial charge in [0.25, 0.3) is 0 Å². The molecule has 0 radical (unpaired) electrons. The van der Waals surface area contributed by atoms with Crippen molar-refractivity contribution in [3.63, 3.8) is 0 Å². The first-order chi connectivity index (χ1) is 11.4. The lowest BCUT2D eigenvalue weighted by Crippen LogP contribution is -2.37. The highest BCUT2D eigenvalue weighted by molar-refractivity contribution is 7.89. The van der Waals surface area contributed by atoms with Gasteiger partial charge in [0, 0.05) is 19.9 Å². The van der Waals surface area contributed by atoms with Crippen molar-refractivity contribution < 1.29 is 13.2 Å². The third kappa shape index (κ3) is 3.06. The van der Waals surface area contributed by atoms with E-state index in [2.05, 4.69) is 9.82 Å². The van der Waals surface area contributed by atoms with Crippen LogP contribution in [-0.4, -0.2) is 30.8 Å². The summed E-state index contributed by atoms with van der Waals surface area (Å²) in [6.45, 7) is 2.18. The quantitative estimate of drug-likeness (QED) is 0.903. The maximum Gasteiger partial charge on any atom is 0.241 e. The molecular formula is C16H18N4O3S. The highest BCUT2D eigenvalue weighted by atomic mass is 32.2. The molecule has 8 heteroatoms. The molecule has 126 valence electrons. The molecule has 1 N–H and O–H groups in total. The third-order valence-corrected chi connectivity index (χ3v) is 5.79. The smallest absolute Gasteiger partial charge is 0.241 e. The second-order valence-electron chi connectivity index (χ2n) is 5.78. The standard InChI is InChI=1S/C16H18N4O3S/c1-11-3-4-12(10-17)9-15(11)24(21,22)19-13-6-8-23-16(13)14-5-7-18-20(14)2/h3-5,7,9,13,16,19H,6,8H2,1-2H3/t13-,16-/m0/s1. The van der Waals surface area contributed by atoms with E-state index in [-0.39, 0.29) is 17.0 Å². The monoisotopic (exact) mass is 346 g/mol. The second-order valence-corrected chi connectivity index (χ2v) is 7.46. The number of sulfonamides is 1. The SMILES string of the molecule is Cc1ccc(C#N)cc1S(=O)(=O)N[C@H]1CCO[C@@H]1c1ccnn1C. The van der Waals surface area contributed by atoms with Gasteiger partial charge < -0.3 is 4.74 Å². The molecule has 7 nitrogen and oxygen atoms in total. The molecule has 0 spiro atoms. The van der Waals surface area contributed by atoms with E-state index in [4.69, 9.17) is 10.00 Å². The van der Waals surface area contributed by atoms with E-state index in [1.54, 1.807) is 37.0 Å². The molecule has 1 aromatic carbocycles. The van der Waals surface area contributed by atoms with Crippen LogP contribution in [0.15, 0.2) is 35.4 Å². The topological polar surface area (TPSA) is 97.0 Å². The first-order valence-electron chi connectivity index (χ1n) is 7.55. The lowest BCUT2D eigenvalue weighted by molar-refractivity contribution is 0.0959. The minimum absolute atomic E-state index is 0.122. The number of rotatable bonds is 4. The van der Waals surface area contributed by atoms with E-state index in [0.717, 1.165) is 5.69 Å². The van der Waals surface area contributed by atoms with Gasteiger partial charge in [0.05, 0.1) is 28.3 Å². The summed E-state index contributed by atoms with van der Waals surface area (Å²) in [4.78, 5) is 0.122. The van der Waals surface area contributed by atoms with E-state index in [0.29, 0.717) is 24.2 Å². The van der Waals surface area contributed by atoms with Crippen LogP contribution in [0.2, 0.25) is 0 Å². The molecule has 0 unspecified atom stereocenters. The Morgan fingerprint density at radius 3 is 2.88 bits per heavy atom. The molecule has 24 heavy (non-hydrogen) atoms. The first-order valence-corrected chi connectivity index (χ1v) is 9.03. The normalized spacial score (nSPS) is 20.9. The van der Waals surface area contributed by atoms with Crippen molar-refractivity contribution >= 4 is 10.0 Å². The van der Waals surface area contributed by atoms with Crippen LogP contribution in [0.4, 0.5) is 0 Å². The summed E-state index contributed by atoms with van der Waals surface area (Å²) in [6.07, 6.45) is 1.85. The van der Waals surface area contributed by atoms with Crippen LogP contribution in [-0.2, 0) is 21.8 Å². The Balaban J connectivity index is 1.89. The summed E-state index contributed by atoms with van der Waals surface area (Å²) in [5, 5.41) is 13.1. The molecule has 2 heterocycles. The van der Waals surface area contributed by atoms with Gasteiger partial charge in [0.15, 0.2) is 0 Å². The van der Waals surface area contributed by atoms with Crippen LogP contribution >= 0.6 is 0 Å². The van der Waals surface area contributed by atoms with Crippen molar-refractivity contribution in [1.82, 2.24) is 14.5 Å². The predicted molar refractivity (Wildman–Crippen MR) is 86.5 cm³/mol. The fraction of sp³-hybridized carbons (Fsp3) is 0.375. The Morgan fingerprint density at radius 1 is 1.42 bits per heavy atom. The number of hydrogen-bond acceptors (Lipinski definition) is 5. The number of ether oxygens (including phenoxy) is 1. The summed E-state index contributed by atoms with van der Waals surface area (Å²) in [5.41, 5.74) is 1.73. The number of hydrogen-bond donors (Lipinski definition) is 1. The molecule has 1 aromatic heterocycles. The molecule has 0 amide bonds. The van der Waals surface area contributed by atoms with Crippen LogP contribution in [0.25, 0.3) is 0 Å². The lowest BCUT2D eigenvalue weighted by Gasteiger charge is -2.20. The van der Waals surface area contributed by atoms with Crippen LogP contribution in [0.5, 0.6) is 0 Å². The van der Waals surface area contributed by atoms with Crippen molar-refractivity contribution in [2.24, 2.45) is 7.05 Å². The highest BCUT2D eigenvalue weighted by Crippen LogP contribution is 2.30. The van der Waals surface area contributed by atoms with Gasteiger partial charge in [-0.05, 0) is 37.1 Å². The Bertz CT molecular complexity index is 898. The van der Waals surface area contributed by atoms with Crippen molar-refractivity contribution in [3.05, 3.63) is 47.3 Å². The second kappa shape index (κ2) is 6.36. The Kier molecular flexibility index (Phi) is 4.41. The number of aryl methyl sites for hydroxylation is 2. The lowest BCUT2D eigenvalue weighted by atomic mass is 10.1. The van der Waals surface area contributed by atoms with Gasteiger partial charge in [-0.25, -0.2) is 13.1 Å². The minimum Gasteiger partial charge on any atom is -0.370 e. The summed E-state index contributed by atoms with van der Waals surface area (Å²) in [7, 11) is -1.96. The highest BCUT2D eigenvalue weighted by Gasteiger charge is 2.35. The molecule has 1 fully saturated rings. The molecule has 0 saturated carbocycles. The van der Waals surface area contributed by atoms with E-state index < -0.39 is 10.0 Å². The van der Waals surface area contributed by atoms with Gasteiger partial charge in [0.2, 0.25) is 10.0 Å². The zero-order valence-electron chi connectivity index (χ0n) is 13.4. The number of nitrogens with zero attached hydrogens (tertiary/aromatic N) is 3. The van der Waals surface area contributed by atoms with Gasteiger partial charge >= 0.3 is 0 Å². The zero-order valence-corrected chi connectivity index (χ0v) is 14.2. The molecule has 0 bridgehead atoms. The van der Waals surface area contributed by atoms with Crippen molar-refractivity contribution in [3.8, 4) is 6.07 Å². The summed E-state index contributed by atoms with van der Waals surface area (Å²) in [6, 6.07) is 8.04. The fourth-order valence-corrected chi connectivity index (χ4v) is 4.43. The zero-order chi connectivity index (χ0) is 17.3. The Labute approximate surface area is 140 Å². The van der Waals surface area contributed by atoms with Crippen LogP contribution in [0.1, 0.15) is 29.3 Å². The third-order valence-electron chi connectivity index (χ3n) is 4.16. The van der Waals surface area contributed by atoms with E-state index >= 15 is 0 Å². The maximum atomic E-state index is 12.8. The van der Waals surface area contributed by atoms with E-state index in [1.165, 1.54) is 6.07 Å². The minimum atomic E-state index is -3.75. The van der Waals surface area contributed by atoms with Crippen LogP contribution in [0, 0.1) is 18.3 Å². The molecule has 1 aliphatic heterocycles. The van der Waals surface area contributed by atoms with Gasteiger partial charge in [-0.15, -0.1) is 0 Å². The maximum absolute atomic E-state index is 12.8. The van der Waals surface area contributed by atoms with Gasteiger partial charge in [-0.1, -0.05) is 6.07 Å². The number of nitrogens with one attached hydrogen (secondary N) is 1. The first kappa shape index (κ1) is 16.6. The average Bonchev–Trinajstić information content (AvgIpc) is 3.15. The fourth-order valence-electron chi connectivity index (χ4n) is 2.89. The number of aromatic nitrogens is 2. The van der Waals surface area contributed by atoms with E-state index in [1.807, 2.05) is 12.1 Å².